The van der Waals surface area contributed by atoms with Crippen molar-refractivity contribution in [3.63, 3.8) is 0 Å². The van der Waals surface area contributed by atoms with E-state index in [1.54, 1.807) is 0 Å². The third kappa shape index (κ3) is 2.82. The van der Waals surface area contributed by atoms with E-state index < -0.39 is 12.0 Å². The van der Waals surface area contributed by atoms with E-state index in [0.717, 1.165) is 19.4 Å². The SMILES string of the molecule is CCc1nc(CN2CCCCC2C(=O)O)no1. The third-order valence-corrected chi connectivity index (χ3v) is 3.06. The molecule has 2 heterocycles. The van der Waals surface area contributed by atoms with Crippen LogP contribution in [0.15, 0.2) is 4.52 Å². The number of aliphatic carboxylic acids is 1. The molecule has 1 unspecified atom stereocenters. The zero-order chi connectivity index (χ0) is 12.3. The van der Waals surface area contributed by atoms with Crippen molar-refractivity contribution in [1.29, 1.82) is 0 Å². The molecule has 94 valence electrons. The molecule has 2 rings (SSSR count). The summed E-state index contributed by atoms with van der Waals surface area (Å²) in [5.41, 5.74) is 0. The van der Waals surface area contributed by atoms with Crippen molar-refractivity contribution in [1.82, 2.24) is 15.0 Å². The average molecular weight is 239 g/mol. The van der Waals surface area contributed by atoms with Gasteiger partial charge in [-0.3, -0.25) is 9.69 Å². The molecule has 0 saturated carbocycles. The van der Waals surface area contributed by atoms with Gasteiger partial charge in [0.25, 0.3) is 0 Å². The minimum absolute atomic E-state index is 0.410. The van der Waals surface area contributed by atoms with Crippen LogP contribution < -0.4 is 0 Å². The van der Waals surface area contributed by atoms with Crippen molar-refractivity contribution in [2.75, 3.05) is 6.54 Å². The van der Waals surface area contributed by atoms with Crippen LogP contribution in [0.2, 0.25) is 0 Å². The van der Waals surface area contributed by atoms with E-state index in [1.165, 1.54) is 0 Å². The van der Waals surface area contributed by atoms with Gasteiger partial charge in [0, 0.05) is 6.42 Å². The van der Waals surface area contributed by atoms with Crippen LogP contribution in [0.4, 0.5) is 0 Å². The molecule has 1 aromatic heterocycles. The number of rotatable bonds is 4. The topological polar surface area (TPSA) is 79.5 Å². The lowest BCUT2D eigenvalue weighted by Gasteiger charge is -2.31. The maximum atomic E-state index is 11.1. The van der Waals surface area contributed by atoms with Crippen LogP contribution in [0.5, 0.6) is 0 Å². The third-order valence-electron chi connectivity index (χ3n) is 3.06. The molecule has 1 aliphatic rings. The Labute approximate surface area is 99.6 Å². The van der Waals surface area contributed by atoms with E-state index in [4.69, 9.17) is 9.63 Å². The van der Waals surface area contributed by atoms with E-state index >= 15 is 0 Å². The Hall–Kier alpha value is -1.43. The van der Waals surface area contributed by atoms with Crippen molar-refractivity contribution in [2.24, 2.45) is 0 Å². The van der Waals surface area contributed by atoms with Gasteiger partial charge in [-0.25, -0.2) is 0 Å². The molecule has 6 nitrogen and oxygen atoms in total. The van der Waals surface area contributed by atoms with Crippen molar-refractivity contribution in [2.45, 2.75) is 45.2 Å². The van der Waals surface area contributed by atoms with Crippen molar-refractivity contribution in [3.05, 3.63) is 11.7 Å². The first kappa shape index (κ1) is 12.0. The molecule has 17 heavy (non-hydrogen) atoms. The molecular weight excluding hydrogens is 222 g/mol. The Morgan fingerprint density at radius 2 is 2.41 bits per heavy atom. The first-order valence-electron chi connectivity index (χ1n) is 5.99. The molecule has 0 spiro atoms. The second-order valence-electron chi connectivity index (χ2n) is 4.28. The molecule has 0 aliphatic carbocycles. The Bertz CT molecular complexity index is 391. The number of piperidine rings is 1. The number of likely N-dealkylation sites (tertiary alicyclic amines) is 1. The number of aryl methyl sites for hydroxylation is 1. The van der Waals surface area contributed by atoms with Crippen LogP contribution in [0, 0.1) is 0 Å². The molecular formula is C11H17N3O3. The van der Waals surface area contributed by atoms with Crippen LogP contribution in [0.25, 0.3) is 0 Å². The van der Waals surface area contributed by atoms with Crippen molar-refractivity contribution >= 4 is 5.97 Å². The van der Waals surface area contributed by atoms with E-state index in [-0.39, 0.29) is 0 Å². The zero-order valence-corrected chi connectivity index (χ0v) is 9.93. The monoisotopic (exact) mass is 239 g/mol. The molecule has 0 amide bonds. The predicted octanol–water partition coefficient (Wildman–Crippen LogP) is 1.07. The summed E-state index contributed by atoms with van der Waals surface area (Å²) in [5, 5.41) is 13.0. The van der Waals surface area contributed by atoms with Gasteiger partial charge in [0.1, 0.15) is 6.04 Å². The molecule has 1 atom stereocenters. The van der Waals surface area contributed by atoms with E-state index in [9.17, 15) is 4.79 Å². The molecule has 1 aliphatic heterocycles. The van der Waals surface area contributed by atoms with Crippen LogP contribution in [-0.4, -0.2) is 38.7 Å². The maximum absolute atomic E-state index is 11.1. The highest BCUT2D eigenvalue weighted by Gasteiger charge is 2.29. The summed E-state index contributed by atoms with van der Waals surface area (Å²) in [4.78, 5) is 17.2. The van der Waals surface area contributed by atoms with Gasteiger partial charge in [-0.15, -0.1) is 0 Å². The Balaban J connectivity index is 2.02. The summed E-state index contributed by atoms with van der Waals surface area (Å²) in [7, 11) is 0. The van der Waals surface area contributed by atoms with Crippen LogP contribution >= 0.6 is 0 Å². The lowest BCUT2D eigenvalue weighted by molar-refractivity contribution is -0.144. The summed E-state index contributed by atoms with van der Waals surface area (Å²) < 4.78 is 5.02. The highest BCUT2D eigenvalue weighted by atomic mass is 16.5. The van der Waals surface area contributed by atoms with E-state index in [0.29, 0.717) is 31.1 Å². The number of carboxylic acids is 1. The molecule has 0 bridgehead atoms. The highest BCUT2D eigenvalue weighted by molar-refractivity contribution is 5.73. The maximum Gasteiger partial charge on any atom is 0.320 e. The Morgan fingerprint density at radius 1 is 1.59 bits per heavy atom. The minimum Gasteiger partial charge on any atom is -0.480 e. The van der Waals surface area contributed by atoms with Gasteiger partial charge in [-0.2, -0.15) is 4.98 Å². The molecule has 1 N–H and O–H groups in total. The number of carboxylic acid groups (broad SMARTS) is 1. The number of carbonyl (C=O) groups is 1. The number of hydrogen-bond acceptors (Lipinski definition) is 5. The van der Waals surface area contributed by atoms with E-state index in [1.807, 2.05) is 11.8 Å². The van der Waals surface area contributed by atoms with Crippen molar-refractivity contribution in [3.8, 4) is 0 Å². The highest BCUT2D eigenvalue weighted by Crippen LogP contribution is 2.19. The largest absolute Gasteiger partial charge is 0.480 e. The minimum atomic E-state index is -0.760. The summed E-state index contributed by atoms with van der Waals surface area (Å²) in [6.07, 6.45) is 3.41. The number of nitrogens with zero attached hydrogens (tertiary/aromatic N) is 3. The molecule has 1 saturated heterocycles. The van der Waals surface area contributed by atoms with Gasteiger partial charge in [-0.1, -0.05) is 18.5 Å². The predicted molar refractivity (Wildman–Crippen MR) is 59.4 cm³/mol. The molecule has 1 aromatic rings. The van der Waals surface area contributed by atoms with Crippen molar-refractivity contribution < 1.29 is 14.4 Å². The number of aromatic nitrogens is 2. The van der Waals surface area contributed by atoms with Gasteiger partial charge in [0.05, 0.1) is 6.54 Å². The van der Waals surface area contributed by atoms with Crippen LogP contribution in [0.1, 0.15) is 37.9 Å². The summed E-state index contributed by atoms with van der Waals surface area (Å²) in [6.45, 7) is 3.19. The first-order chi connectivity index (χ1) is 8.20. The molecule has 0 radical (unpaired) electrons. The molecule has 1 fully saturated rings. The summed E-state index contributed by atoms with van der Waals surface area (Å²) in [6, 6.07) is -0.410. The lowest BCUT2D eigenvalue weighted by Crippen LogP contribution is -2.44. The first-order valence-corrected chi connectivity index (χ1v) is 5.99. The van der Waals surface area contributed by atoms with Gasteiger partial charge in [0.15, 0.2) is 5.82 Å². The quantitative estimate of drug-likeness (QED) is 0.846. The summed E-state index contributed by atoms with van der Waals surface area (Å²) in [5.74, 6) is 0.419. The Kier molecular flexibility index (Phi) is 3.73. The second kappa shape index (κ2) is 5.27. The van der Waals surface area contributed by atoms with Gasteiger partial charge < -0.3 is 9.63 Å². The fraction of sp³-hybridized carbons (Fsp3) is 0.727. The molecule has 6 heteroatoms. The standard InChI is InChI=1S/C11H17N3O3/c1-2-10-12-9(13-17-10)7-14-6-4-3-5-8(14)11(15)16/h8H,2-7H2,1H3,(H,15,16). The van der Waals surface area contributed by atoms with Gasteiger partial charge in [-0.05, 0) is 19.4 Å². The zero-order valence-electron chi connectivity index (χ0n) is 9.93. The number of hydrogen-bond donors (Lipinski definition) is 1. The second-order valence-corrected chi connectivity index (χ2v) is 4.28. The van der Waals surface area contributed by atoms with Gasteiger partial charge >= 0.3 is 5.97 Å². The summed E-state index contributed by atoms with van der Waals surface area (Å²) >= 11 is 0. The fourth-order valence-electron chi connectivity index (χ4n) is 2.14. The smallest absolute Gasteiger partial charge is 0.320 e. The van der Waals surface area contributed by atoms with E-state index in [2.05, 4.69) is 10.1 Å². The fourth-order valence-corrected chi connectivity index (χ4v) is 2.14. The van der Waals surface area contributed by atoms with Crippen LogP contribution in [-0.2, 0) is 17.8 Å². The lowest BCUT2D eigenvalue weighted by atomic mass is 10.0. The van der Waals surface area contributed by atoms with Gasteiger partial charge in [0.2, 0.25) is 5.89 Å². The average Bonchev–Trinajstić information content (AvgIpc) is 2.77. The molecule has 0 aromatic carbocycles. The van der Waals surface area contributed by atoms with Crippen LogP contribution in [0.3, 0.4) is 0 Å². The Morgan fingerprint density at radius 3 is 3.06 bits per heavy atom. The normalized spacial score (nSPS) is 21.6.